The van der Waals surface area contributed by atoms with Crippen LogP contribution >= 0.6 is 11.8 Å². The van der Waals surface area contributed by atoms with Gasteiger partial charge in [0, 0.05) is 49.6 Å². The van der Waals surface area contributed by atoms with Gasteiger partial charge in [-0.15, -0.1) is 11.8 Å². The number of nitrogens with zero attached hydrogens (tertiary/aromatic N) is 3. The number of likely N-dealkylation sites (tertiary alicyclic amines) is 2. The first-order valence-electron chi connectivity index (χ1n) is 15.8. The van der Waals surface area contributed by atoms with Crippen LogP contribution in [0.5, 0.6) is 0 Å². The van der Waals surface area contributed by atoms with Gasteiger partial charge in [-0.3, -0.25) is 10.1 Å². The molecule has 1 N–H and O–H groups in total. The molecular formula is C37H39N3O5S. The molecule has 0 aromatic heterocycles. The maximum Gasteiger partial charge on any atom is 0.410 e. The maximum absolute atomic E-state index is 13.7. The van der Waals surface area contributed by atoms with Crippen LogP contribution in [0.15, 0.2) is 115 Å². The van der Waals surface area contributed by atoms with Crippen LogP contribution in [0.2, 0.25) is 0 Å². The van der Waals surface area contributed by atoms with Crippen molar-refractivity contribution in [3.8, 4) is 0 Å². The molecule has 9 heteroatoms. The average molecular weight is 638 g/mol. The van der Waals surface area contributed by atoms with Crippen molar-refractivity contribution in [3.63, 3.8) is 0 Å². The molecule has 2 fully saturated rings. The van der Waals surface area contributed by atoms with Gasteiger partial charge >= 0.3 is 6.09 Å². The monoisotopic (exact) mass is 637 g/mol. The lowest BCUT2D eigenvalue weighted by Gasteiger charge is -2.37. The van der Waals surface area contributed by atoms with Gasteiger partial charge in [-0.25, -0.2) is 4.79 Å². The van der Waals surface area contributed by atoms with Gasteiger partial charge in [-0.2, -0.15) is 0 Å². The minimum Gasteiger partial charge on any atom is -0.445 e. The highest BCUT2D eigenvalue weighted by Gasteiger charge is 2.45. The smallest absolute Gasteiger partial charge is 0.410 e. The highest BCUT2D eigenvalue weighted by atomic mass is 32.2. The summed E-state index contributed by atoms with van der Waals surface area (Å²) in [5.74, 6) is 0. The number of thioether (sulfide) groups is 1. The van der Waals surface area contributed by atoms with Crippen molar-refractivity contribution in [1.29, 1.82) is 0 Å². The third-order valence-corrected chi connectivity index (χ3v) is 10.8. The molecule has 0 aliphatic carbocycles. The van der Waals surface area contributed by atoms with E-state index in [-0.39, 0.29) is 35.8 Å². The summed E-state index contributed by atoms with van der Waals surface area (Å²) in [7, 11) is 0. The van der Waals surface area contributed by atoms with Gasteiger partial charge in [0.2, 0.25) is 0 Å². The van der Waals surface area contributed by atoms with E-state index in [0.29, 0.717) is 18.7 Å². The molecule has 238 valence electrons. The lowest BCUT2D eigenvalue weighted by Crippen LogP contribution is -2.46. The fraction of sp³-hybridized carbons (Fsp3) is 0.324. The second kappa shape index (κ2) is 14.5. The number of rotatable bonds is 10. The molecule has 0 unspecified atom stereocenters. The second-order valence-electron chi connectivity index (χ2n) is 12.1. The first-order valence-corrected chi connectivity index (χ1v) is 16.7. The summed E-state index contributed by atoms with van der Waals surface area (Å²) in [6, 6.07) is 37.8. The number of benzene rings is 4. The second-order valence-corrected chi connectivity index (χ2v) is 13.6. The molecule has 4 aromatic rings. The third-order valence-electron chi connectivity index (χ3n) is 9.03. The number of carbonyl (C=O) groups excluding carboxylic acids is 1. The molecule has 2 heterocycles. The molecule has 2 aliphatic heterocycles. The minimum atomic E-state index is -0.507. The number of nitro benzene ring substituents is 1. The molecule has 2 aliphatic rings. The van der Waals surface area contributed by atoms with E-state index in [9.17, 15) is 20.0 Å². The molecule has 2 atom stereocenters. The van der Waals surface area contributed by atoms with E-state index in [1.54, 1.807) is 12.1 Å². The fourth-order valence-corrected chi connectivity index (χ4v) is 8.54. The van der Waals surface area contributed by atoms with E-state index in [1.807, 2.05) is 34.9 Å². The standard InChI is InChI=1S/C37H39N3O5S/c41-34-20-22-38(23-21-34)25-33-24-35(26-39(33)36(42)45-27-28-16-18-32(19-17-28)40(43)44)46-37(29-10-4-1-5-11-29,30-12-6-2-7-13-30)31-14-8-3-9-15-31/h1-19,33-35,41H,20-27H2/t33-,35-/m0/s1. The van der Waals surface area contributed by atoms with Crippen LogP contribution in [-0.2, 0) is 16.1 Å². The van der Waals surface area contributed by atoms with Crippen LogP contribution in [0.3, 0.4) is 0 Å². The van der Waals surface area contributed by atoms with Crippen molar-refractivity contribution < 1.29 is 19.6 Å². The van der Waals surface area contributed by atoms with Crippen molar-refractivity contribution >= 4 is 23.5 Å². The zero-order valence-corrected chi connectivity index (χ0v) is 26.5. The van der Waals surface area contributed by atoms with Gasteiger partial charge < -0.3 is 19.6 Å². The average Bonchev–Trinajstić information content (AvgIpc) is 3.50. The summed E-state index contributed by atoms with van der Waals surface area (Å²) < 4.78 is 5.32. The number of amides is 1. The van der Waals surface area contributed by atoms with Crippen LogP contribution < -0.4 is 0 Å². The van der Waals surface area contributed by atoms with Crippen LogP contribution in [0.25, 0.3) is 0 Å². The Morgan fingerprint density at radius 3 is 1.87 bits per heavy atom. The summed E-state index contributed by atoms with van der Waals surface area (Å²) in [6.07, 6.45) is 1.61. The van der Waals surface area contributed by atoms with E-state index in [0.717, 1.165) is 32.4 Å². The van der Waals surface area contributed by atoms with Crippen LogP contribution in [0.1, 0.15) is 41.5 Å². The first kappa shape index (κ1) is 31.8. The Kier molecular flexibility index (Phi) is 10.0. The van der Waals surface area contributed by atoms with Crippen molar-refractivity contribution in [3.05, 3.63) is 148 Å². The summed E-state index contributed by atoms with van der Waals surface area (Å²) >= 11 is 1.89. The molecule has 0 spiro atoms. The van der Waals surface area contributed by atoms with Crippen LogP contribution in [0.4, 0.5) is 10.5 Å². The Balaban J connectivity index is 1.29. The number of non-ortho nitro benzene ring substituents is 1. The summed E-state index contributed by atoms with van der Waals surface area (Å²) in [4.78, 5) is 28.6. The number of nitro groups is 1. The largest absolute Gasteiger partial charge is 0.445 e. The van der Waals surface area contributed by atoms with Gasteiger partial charge in [0.1, 0.15) is 6.61 Å². The third kappa shape index (κ3) is 7.12. The predicted molar refractivity (Wildman–Crippen MR) is 181 cm³/mol. The first-order chi connectivity index (χ1) is 22.4. The number of piperidine rings is 1. The Morgan fingerprint density at radius 2 is 1.37 bits per heavy atom. The summed E-state index contributed by atoms with van der Waals surface area (Å²) in [6.45, 7) is 2.87. The van der Waals surface area contributed by atoms with E-state index in [2.05, 4.69) is 77.7 Å². The SMILES string of the molecule is O=C(OCc1ccc([N+](=O)[O-])cc1)N1C[C@@H](SC(c2ccccc2)(c2ccccc2)c2ccccc2)C[C@H]1CN1CCC(O)CC1. The molecule has 0 radical (unpaired) electrons. The molecule has 1 amide bonds. The summed E-state index contributed by atoms with van der Waals surface area (Å²) in [5.41, 5.74) is 4.23. The molecule has 46 heavy (non-hydrogen) atoms. The fourth-order valence-electron chi connectivity index (χ4n) is 6.67. The number of hydrogen-bond acceptors (Lipinski definition) is 7. The molecule has 6 rings (SSSR count). The normalized spacial score (nSPS) is 19.2. The van der Waals surface area contributed by atoms with Gasteiger partial charge in [-0.1, -0.05) is 91.0 Å². The minimum absolute atomic E-state index is 0.0000633. The van der Waals surface area contributed by atoms with Crippen molar-refractivity contribution in [2.75, 3.05) is 26.2 Å². The Labute approximate surface area is 274 Å². The molecule has 4 aromatic carbocycles. The molecule has 0 bridgehead atoms. The molecule has 2 saturated heterocycles. The Hall–Kier alpha value is -4.18. The molecule has 0 saturated carbocycles. The quantitative estimate of drug-likeness (QED) is 0.115. The lowest BCUT2D eigenvalue weighted by atomic mass is 9.84. The summed E-state index contributed by atoms with van der Waals surface area (Å²) in [5, 5.41) is 21.3. The van der Waals surface area contributed by atoms with Crippen molar-refractivity contribution in [2.24, 2.45) is 0 Å². The van der Waals surface area contributed by atoms with Gasteiger partial charge in [0.15, 0.2) is 0 Å². The molecule has 8 nitrogen and oxygen atoms in total. The zero-order valence-electron chi connectivity index (χ0n) is 25.7. The molecular weight excluding hydrogens is 598 g/mol. The number of aliphatic hydroxyl groups excluding tert-OH is 1. The van der Waals surface area contributed by atoms with Gasteiger partial charge in [-0.05, 0) is 53.6 Å². The highest BCUT2D eigenvalue weighted by molar-refractivity contribution is 8.01. The highest BCUT2D eigenvalue weighted by Crippen LogP contribution is 2.52. The topological polar surface area (TPSA) is 96.1 Å². The van der Waals surface area contributed by atoms with E-state index in [4.69, 9.17) is 4.74 Å². The van der Waals surface area contributed by atoms with Crippen LogP contribution in [0, 0.1) is 10.1 Å². The Morgan fingerprint density at radius 1 is 0.848 bits per heavy atom. The number of carbonyl (C=O) groups is 1. The number of hydrogen-bond donors (Lipinski definition) is 1. The number of ether oxygens (including phenoxy) is 1. The zero-order chi connectivity index (χ0) is 31.9. The van der Waals surface area contributed by atoms with E-state index < -0.39 is 9.67 Å². The maximum atomic E-state index is 13.7. The van der Waals surface area contributed by atoms with Crippen molar-refractivity contribution in [2.45, 2.75) is 48.0 Å². The number of aliphatic hydroxyl groups is 1. The van der Waals surface area contributed by atoms with Crippen LogP contribution in [-0.4, -0.2) is 69.5 Å². The van der Waals surface area contributed by atoms with E-state index >= 15 is 0 Å². The van der Waals surface area contributed by atoms with Gasteiger partial charge in [0.05, 0.1) is 15.8 Å². The van der Waals surface area contributed by atoms with Gasteiger partial charge in [0.25, 0.3) is 5.69 Å². The van der Waals surface area contributed by atoms with Crippen molar-refractivity contribution in [1.82, 2.24) is 9.80 Å². The predicted octanol–water partition coefficient (Wildman–Crippen LogP) is 6.86. The van der Waals surface area contributed by atoms with E-state index in [1.165, 1.54) is 28.8 Å². The Bertz CT molecular complexity index is 1490. The lowest BCUT2D eigenvalue weighted by molar-refractivity contribution is -0.384.